The van der Waals surface area contributed by atoms with Crippen LogP contribution < -0.4 is 0 Å². The van der Waals surface area contributed by atoms with E-state index in [0.717, 1.165) is 23.7 Å². The van der Waals surface area contributed by atoms with Gasteiger partial charge < -0.3 is 0 Å². The topological polar surface area (TPSA) is 0 Å². The van der Waals surface area contributed by atoms with E-state index in [-0.39, 0.29) is 0 Å². The Morgan fingerprint density at radius 3 is 3.00 bits per heavy atom. The molecule has 3 aliphatic carbocycles. The van der Waals surface area contributed by atoms with Gasteiger partial charge in [0.2, 0.25) is 0 Å². The lowest BCUT2D eigenvalue weighted by atomic mass is 9.79. The predicted molar refractivity (Wildman–Crippen MR) is 50.7 cm³/mol. The van der Waals surface area contributed by atoms with Crippen molar-refractivity contribution in [3.63, 3.8) is 0 Å². The van der Waals surface area contributed by atoms with Gasteiger partial charge in [-0.3, -0.25) is 0 Å². The van der Waals surface area contributed by atoms with Crippen LogP contribution in [0.15, 0.2) is 24.3 Å². The Morgan fingerprint density at radius 2 is 2.17 bits per heavy atom. The molecule has 3 aliphatic rings. The Hall–Kier alpha value is -0.520. The molecule has 0 radical (unpaired) electrons. The van der Waals surface area contributed by atoms with Crippen LogP contribution in [-0.2, 0) is 0 Å². The first-order valence-electron chi connectivity index (χ1n) is 5.22. The molecule has 0 aromatic rings. The summed E-state index contributed by atoms with van der Waals surface area (Å²) >= 11 is 0. The highest BCUT2D eigenvalue weighted by atomic mass is 14.5. The van der Waals surface area contributed by atoms with Gasteiger partial charge in [0.25, 0.3) is 0 Å². The fraction of sp³-hybridized carbons (Fsp3) is 0.667. The van der Waals surface area contributed by atoms with Crippen molar-refractivity contribution in [2.75, 3.05) is 0 Å². The van der Waals surface area contributed by atoms with Gasteiger partial charge in [-0.25, -0.2) is 0 Å². The minimum Gasteiger partial charge on any atom is -0.0988 e. The van der Waals surface area contributed by atoms with Gasteiger partial charge in [0.1, 0.15) is 0 Å². The van der Waals surface area contributed by atoms with Crippen molar-refractivity contribution < 1.29 is 0 Å². The molecule has 0 N–H and O–H groups in total. The minimum absolute atomic E-state index is 0.932. The second-order valence-corrected chi connectivity index (χ2v) is 4.67. The third kappa shape index (κ3) is 0.688. The maximum atomic E-state index is 3.92. The second kappa shape index (κ2) is 2.25. The lowest BCUT2D eigenvalue weighted by Crippen LogP contribution is -2.18. The Balaban J connectivity index is 1.94. The smallest absolute Gasteiger partial charge is 0.0103 e. The number of allylic oxidation sites excluding steroid dienone is 3. The zero-order valence-electron chi connectivity index (χ0n) is 7.50. The third-order valence-corrected chi connectivity index (χ3v) is 4.33. The van der Waals surface area contributed by atoms with Crippen LogP contribution in [0.2, 0.25) is 0 Å². The standard InChI is InChI=1S/C12H16/c1-2-8-5-6-11-9-3-4-10(7-9)12(8)11/h2,5,9-12H,1,3-4,6-7H2/t9-,10-,11-,12-/m0/s1. The monoisotopic (exact) mass is 160 g/mol. The molecule has 0 amide bonds. The van der Waals surface area contributed by atoms with Crippen LogP contribution in [0.1, 0.15) is 25.7 Å². The zero-order valence-corrected chi connectivity index (χ0v) is 7.50. The highest BCUT2D eigenvalue weighted by Crippen LogP contribution is 2.58. The SMILES string of the molecule is C=CC1=CC[C@H]2[C@H]3CC[C@@H](C3)[C@H]12. The molecule has 0 aromatic heterocycles. The lowest BCUT2D eigenvalue weighted by Gasteiger charge is -2.26. The van der Waals surface area contributed by atoms with E-state index in [9.17, 15) is 0 Å². The summed E-state index contributed by atoms with van der Waals surface area (Å²) in [6.07, 6.45) is 10.4. The molecule has 2 fully saturated rings. The van der Waals surface area contributed by atoms with Crippen LogP contribution >= 0.6 is 0 Å². The first-order valence-corrected chi connectivity index (χ1v) is 5.22. The number of rotatable bonds is 1. The molecule has 2 bridgehead atoms. The first kappa shape index (κ1) is 6.94. The molecule has 3 rings (SSSR count). The summed E-state index contributed by atoms with van der Waals surface area (Å²) in [6, 6.07) is 0. The van der Waals surface area contributed by atoms with Crippen LogP contribution in [-0.4, -0.2) is 0 Å². The fourth-order valence-electron chi connectivity index (χ4n) is 3.90. The van der Waals surface area contributed by atoms with Gasteiger partial charge in [-0.2, -0.15) is 0 Å². The molecular formula is C12H16. The molecule has 4 atom stereocenters. The Labute approximate surface area is 74.4 Å². The summed E-state index contributed by atoms with van der Waals surface area (Å²) in [7, 11) is 0. The second-order valence-electron chi connectivity index (χ2n) is 4.67. The first-order chi connectivity index (χ1) is 5.90. The molecule has 12 heavy (non-hydrogen) atoms. The van der Waals surface area contributed by atoms with Gasteiger partial charge in [-0.1, -0.05) is 18.7 Å². The van der Waals surface area contributed by atoms with E-state index >= 15 is 0 Å². The summed E-state index contributed by atoms with van der Waals surface area (Å²) < 4.78 is 0. The number of fused-ring (bicyclic) bond motifs is 5. The van der Waals surface area contributed by atoms with Gasteiger partial charge in [0.15, 0.2) is 0 Å². The van der Waals surface area contributed by atoms with Gasteiger partial charge in [0, 0.05) is 0 Å². The van der Waals surface area contributed by atoms with Crippen LogP contribution in [0.5, 0.6) is 0 Å². The molecule has 0 saturated heterocycles. The predicted octanol–water partition coefficient (Wildman–Crippen LogP) is 3.16. The summed E-state index contributed by atoms with van der Waals surface area (Å²) in [5, 5.41) is 0. The molecule has 0 heteroatoms. The van der Waals surface area contributed by atoms with Crippen LogP contribution in [0, 0.1) is 23.7 Å². The van der Waals surface area contributed by atoms with E-state index in [0.29, 0.717) is 0 Å². The van der Waals surface area contributed by atoms with Gasteiger partial charge in [0.05, 0.1) is 0 Å². The molecule has 64 valence electrons. The van der Waals surface area contributed by atoms with E-state index in [1.165, 1.54) is 25.7 Å². The maximum Gasteiger partial charge on any atom is -0.0103 e. The Morgan fingerprint density at radius 1 is 1.33 bits per heavy atom. The minimum atomic E-state index is 0.932. The number of hydrogen-bond donors (Lipinski definition) is 0. The average Bonchev–Trinajstić information content (AvgIpc) is 2.76. The van der Waals surface area contributed by atoms with Crippen molar-refractivity contribution >= 4 is 0 Å². The van der Waals surface area contributed by atoms with E-state index in [2.05, 4.69) is 18.7 Å². The molecule has 0 aliphatic heterocycles. The van der Waals surface area contributed by atoms with Crippen molar-refractivity contribution in [3.8, 4) is 0 Å². The third-order valence-electron chi connectivity index (χ3n) is 4.33. The molecule has 0 spiro atoms. The summed E-state index contributed by atoms with van der Waals surface area (Å²) in [5.74, 6) is 4.07. The van der Waals surface area contributed by atoms with Crippen molar-refractivity contribution in [2.24, 2.45) is 23.7 Å². The van der Waals surface area contributed by atoms with Gasteiger partial charge >= 0.3 is 0 Å². The average molecular weight is 160 g/mol. The van der Waals surface area contributed by atoms with Gasteiger partial charge in [-0.15, -0.1) is 0 Å². The zero-order chi connectivity index (χ0) is 8.13. The maximum absolute atomic E-state index is 3.92. The van der Waals surface area contributed by atoms with E-state index < -0.39 is 0 Å². The van der Waals surface area contributed by atoms with Crippen LogP contribution in [0.25, 0.3) is 0 Å². The van der Waals surface area contributed by atoms with Crippen molar-refractivity contribution in [3.05, 3.63) is 24.3 Å². The fourth-order valence-corrected chi connectivity index (χ4v) is 3.90. The van der Waals surface area contributed by atoms with E-state index in [1.807, 2.05) is 0 Å². The van der Waals surface area contributed by atoms with Gasteiger partial charge in [-0.05, 0) is 54.9 Å². The van der Waals surface area contributed by atoms with E-state index in [4.69, 9.17) is 0 Å². The largest absolute Gasteiger partial charge is 0.0988 e. The summed E-state index contributed by atoms with van der Waals surface area (Å²) in [6.45, 7) is 3.92. The molecule has 0 heterocycles. The normalized spacial score (nSPS) is 49.2. The van der Waals surface area contributed by atoms with Crippen LogP contribution in [0.3, 0.4) is 0 Å². The molecule has 0 aromatic carbocycles. The van der Waals surface area contributed by atoms with Crippen molar-refractivity contribution in [2.45, 2.75) is 25.7 Å². The Bertz CT molecular complexity index is 249. The van der Waals surface area contributed by atoms with Crippen molar-refractivity contribution in [1.82, 2.24) is 0 Å². The highest BCUT2D eigenvalue weighted by molar-refractivity contribution is 5.29. The molecule has 2 saturated carbocycles. The molecule has 0 unspecified atom stereocenters. The number of hydrogen-bond acceptors (Lipinski definition) is 0. The quantitative estimate of drug-likeness (QED) is 0.552. The lowest BCUT2D eigenvalue weighted by molar-refractivity contribution is 0.279. The Kier molecular flexibility index (Phi) is 1.30. The van der Waals surface area contributed by atoms with Crippen molar-refractivity contribution in [1.29, 1.82) is 0 Å². The van der Waals surface area contributed by atoms with E-state index in [1.54, 1.807) is 5.57 Å². The summed E-state index contributed by atoms with van der Waals surface area (Å²) in [4.78, 5) is 0. The summed E-state index contributed by atoms with van der Waals surface area (Å²) in [5.41, 5.74) is 1.58. The highest BCUT2D eigenvalue weighted by Gasteiger charge is 2.49. The van der Waals surface area contributed by atoms with Crippen LogP contribution in [0.4, 0.5) is 0 Å². The molecule has 0 nitrogen and oxygen atoms in total. The molecular weight excluding hydrogens is 144 g/mol.